The highest BCUT2D eigenvalue weighted by atomic mass is 14.2. The zero-order valence-electron chi connectivity index (χ0n) is 23.9. The predicted octanol–water partition coefficient (Wildman–Crippen LogP) is 13.7. The highest BCUT2D eigenvalue weighted by Crippen LogP contribution is 2.29. The lowest BCUT2D eigenvalue weighted by Crippen LogP contribution is -2.08. The molecule has 0 radical (unpaired) electrons. The summed E-state index contributed by atoms with van der Waals surface area (Å²) in [5.41, 5.74) is 0. The van der Waals surface area contributed by atoms with E-state index in [1.54, 1.807) is 0 Å². The predicted molar refractivity (Wildman–Crippen MR) is 172 cm³/mol. The first kappa shape index (κ1) is 39.5. The van der Waals surface area contributed by atoms with Crippen molar-refractivity contribution in [2.24, 2.45) is 47.3 Å². The van der Waals surface area contributed by atoms with Crippen LogP contribution < -0.4 is 0 Å². The van der Waals surface area contributed by atoms with Crippen LogP contribution >= 0.6 is 0 Å². The third-order valence-electron chi connectivity index (χ3n) is 9.22. The molecular formula is C35H80. The Labute approximate surface area is 230 Å². The van der Waals surface area contributed by atoms with Gasteiger partial charge in [-0.25, -0.2) is 0 Å². The zero-order chi connectivity index (χ0) is 23.9. The number of hydrogen-bond donors (Lipinski definition) is 0. The minimum atomic E-state index is 0. The smallest absolute Gasteiger partial charge is 0 e. The van der Waals surface area contributed by atoms with Gasteiger partial charge in [0.2, 0.25) is 0 Å². The Morgan fingerprint density at radius 1 is 0.229 bits per heavy atom. The fraction of sp³-hybridized carbons (Fsp3) is 1.00. The molecule has 4 saturated carbocycles. The van der Waals surface area contributed by atoms with Crippen molar-refractivity contribution in [3.8, 4) is 0 Å². The van der Waals surface area contributed by atoms with Crippen LogP contribution in [0.5, 0.6) is 0 Å². The molecule has 4 rings (SSSR count). The Bertz CT molecular complexity index is 285. The first-order valence-electron chi connectivity index (χ1n) is 15.2. The number of rotatable bonds is 0. The first-order valence-corrected chi connectivity index (χ1v) is 15.2. The monoisotopic (exact) mass is 501 g/mol. The van der Waals surface area contributed by atoms with E-state index in [0.29, 0.717) is 0 Å². The summed E-state index contributed by atoms with van der Waals surface area (Å²) >= 11 is 0. The van der Waals surface area contributed by atoms with E-state index in [1.807, 2.05) is 0 Å². The van der Waals surface area contributed by atoms with Gasteiger partial charge in [0, 0.05) is 2.85 Å². The molecule has 4 aliphatic rings. The summed E-state index contributed by atoms with van der Waals surface area (Å²) in [5.74, 6) is 8.16. The van der Waals surface area contributed by atoms with E-state index in [0.717, 1.165) is 47.3 Å². The summed E-state index contributed by atoms with van der Waals surface area (Å²) in [6, 6.07) is 0. The van der Waals surface area contributed by atoms with Crippen molar-refractivity contribution in [1.82, 2.24) is 0 Å². The highest BCUT2D eigenvalue weighted by molar-refractivity contribution is 4.67. The van der Waals surface area contributed by atoms with Crippen molar-refractivity contribution in [2.75, 3.05) is 0 Å². The molecule has 0 amide bonds. The molecule has 0 N–H and O–H groups in total. The van der Waals surface area contributed by atoms with Crippen LogP contribution in [0, 0.1) is 47.3 Å². The quantitative estimate of drug-likeness (QED) is 0.310. The molecule has 0 atom stereocenters. The molecule has 0 nitrogen and oxygen atoms in total. The fourth-order valence-corrected chi connectivity index (χ4v) is 5.71. The Kier molecular flexibility index (Phi) is 26.1. The van der Waals surface area contributed by atoms with Gasteiger partial charge in [0.05, 0.1) is 0 Å². The van der Waals surface area contributed by atoms with Crippen molar-refractivity contribution in [3.63, 3.8) is 0 Å². The maximum Gasteiger partial charge on any atom is 0 e. The summed E-state index contributed by atoms with van der Waals surface area (Å²) in [7, 11) is 0. The van der Waals surface area contributed by atoms with Gasteiger partial charge in [-0.1, -0.05) is 180 Å². The minimum absolute atomic E-state index is 0. The molecular weight excluding hydrogens is 420 g/mol. The maximum atomic E-state index is 2.37. The van der Waals surface area contributed by atoms with Gasteiger partial charge in [0.1, 0.15) is 0 Å². The molecule has 0 aliphatic heterocycles. The van der Waals surface area contributed by atoms with Gasteiger partial charge in [-0.2, -0.15) is 0 Å². The lowest BCUT2D eigenvalue weighted by molar-refractivity contribution is 0.308. The lowest BCUT2D eigenvalue weighted by Gasteiger charge is -2.22. The van der Waals surface area contributed by atoms with Gasteiger partial charge in [-0.15, -0.1) is 0 Å². The second-order valence-corrected chi connectivity index (χ2v) is 13.5. The molecule has 35 heavy (non-hydrogen) atoms. The minimum Gasteiger partial charge on any atom is -0.0776 e. The summed E-state index contributed by atoms with van der Waals surface area (Å²) in [6.07, 6.45) is 23.6. The van der Waals surface area contributed by atoms with E-state index in [2.05, 4.69) is 55.4 Å². The normalized spacial score (nSPS) is 36.3. The van der Waals surface area contributed by atoms with Crippen molar-refractivity contribution >= 4 is 0 Å². The summed E-state index contributed by atoms with van der Waals surface area (Å²) in [6.45, 7) is 18.9. The SMILES string of the molecule is C.C.C.CC1CCC(C)CC1.CC1CCC(C)CC1.CC1CCC(C)CC1.CC1CCC(C)CC1.[HH].[HH]. The first-order chi connectivity index (χ1) is 15.2. The standard InChI is InChI=1S/4C8H16.3CH4.2H2/c4*1-7-3-5-8(2)6-4-7;;;;;/h4*7-8H,3-6H2,1-2H3;3*1H4;2*1H. The topological polar surface area (TPSA) is 0 Å². The molecule has 4 fully saturated rings. The molecule has 0 saturated heterocycles. The summed E-state index contributed by atoms with van der Waals surface area (Å²) in [4.78, 5) is 0. The van der Waals surface area contributed by atoms with E-state index in [9.17, 15) is 0 Å². The van der Waals surface area contributed by atoms with E-state index in [4.69, 9.17) is 0 Å². The van der Waals surface area contributed by atoms with Gasteiger partial charge >= 0.3 is 0 Å². The van der Waals surface area contributed by atoms with E-state index < -0.39 is 0 Å². The van der Waals surface area contributed by atoms with Crippen LogP contribution in [-0.4, -0.2) is 0 Å². The largest absolute Gasteiger partial charge is 0.0776 e. The zero-order valence-corrected chi connectivity index (χ0v) is 23.9. The van der Waals surface area contributed by atoms with Crippen LogP contribution in [0.2, 0.25) is 0 Å². The van der Waals surface area contributed by atoms with Crippen molar-refractivity contribution in [2.45, 2.75) is 180 Å². The van der Waals surface area contributed by atoms with E-state index in [1.165, 1.54) is 103 Å². The van der Waals surface area contributed by atoms with E-state index in [-0.39, 0.29) is 25.1 Å². The van der Waals surface area contributed by atoms with Crippen molar-refractivity contribution in [3.05, 3.63) is 0 Å². The molecule has 0 aromatic heterocycles. The molecule has 0 bridgehead atoms. The molecule has 0 spiro atoms. The Morgan fingerprint density at radius 3 is 0.343 bits per heavy atom. The second-order valence-electron chi connectivity index (χ2n) is 13.5. The Balaban J connectivity index is -0.000000118. The van der Waals surface area contributed by atoms with Crippen LogP contribution in [-0.2, 0) is 0 Å². The molecule has 0 aromatic carbocycles. The average Bonchev–Trinajstić information content (AvgIpc) is 2.78. The third kappa shape index (κ3) is 21.8. The van der Waals surface area contributed by atoms with Crippen LogP contribution in [0.25, 0.3) is 0 Å². The van der Waals surface area contributed by atoms with Gasteiger partial charge < -0.3 is 0 Å². The highest BCUT2D eigenvalue weighted by Gasteiger charge is 2.15. The van der Waals surface area contributed by atoms with E-state index >= 15 is 0 Å². The fourth-order valence-electron chi connectivity index (χ4n) is 5.71. The number of hydrogen-bond acceptors (Lipinski definition) is 0. The van der Waals surface area contributed by atoms with Crippen molar-refractivity contribution < 1.29 is 2.85 Å². The Hall–Kier alpha value is 0. The van der Waals surface area contributed by atoms with Crippen molar-refractivity contribution in [1.29, 1.82) is 0 Å². The molecule has 0 heteroatoms. The molecule has 4 aliphatic carbocycles. The van der Waals surface area contributed by atoms with Gasteiger partial charge in [-0.3, -0.25) is 0 Å². The summed E-state index contributed by atoms with van der Waals surface area (Å²) < 4.78 is 0. The van der Waals surface area contributed by atoms with Gasteiger partial charge in [-0.05, 0) is 47.3 Å². The third-order valence-corrected chi connectivity index (χ3v) is 9.22. The second kappa shape index (κ2) is 23.1. The molecule has 0 unspecified atom stereocenters. The van der Waals surface area contributed by atoms with Crippen LogP contribution in [0.15, 0.2) is 0 Å². The van der Waals surface area contributed by atoms with Crippen LogP contribution in [0.1, 0.15) is 183 Å². The average molecular weight is 501 g/mol. The Morgan fingerprint density at radius 2 is 0.286 bits per heavy atom. The maximum absolute atomic E-state index is 2.37. The molecule has 0 heterocycles. The summed E-state index contributed by atoms with van der Waals surface area (Å²) in [5, 5.41) is 0. The van der Waals surface area contributed by atoms with Gasteiger partial charge in [0.25, 0.3) is 0 Å². The molecule has 0 aromatic rings. The van der Waals surface area contributed by atoms with Gasteiger partial charge in [0.15, 0.2) is 0 Å². The van der Waals surface area contributed by atoms with Crippen LogP contribution in [0.4, 0.5) is 0 Å². The van der Waals surface area contributed by atoms with Crippen LogP contribution in [0.3, 0.4) is 0 Å². The molecule has 220 valence electrons. The lowest BCUT2D eigenvalue weighted by atomic mass is 9.84.